The molecule has 1 aromatic carbocycles. The van der Waals surface area contributed by atoms with Gasteiger partial charge in [-0.1, -0.05) is 13.0 Å². The van der Waals surface area contributed by atoms with Gasteiger partial charge in [0.1, 0.15) is 0 Å². The third-order valence-electron chi connectivity index (χ3n) is 2.58. The molecule has 0 amide bonds. The normalized spacial score (nSPS) is 10.9. The van der Waals surface area contributed by atoms with Gasteiger partial charge < -0.3 is 4.57 Å². The van der Waals surface area contributed by atoms with Crippen LogP contribution in [-0.4, -0.2) is 4.57 Å². The van der Waals surface area contributed by atoms with Crippen LogP contribution < -0.4 is 0 Å². The van der Waals surface area contributed by atoms with Gasteiger partial charge in [-0.15, -0.1) is 0 Å². The maximum absolute atomic E-state index is 2.28. The Labute approximate surface area is 79.0 Å². The zero-order chi connectivity index (χ0) is 9.26. The number of aromatic nitrogens is 1. The molecule has 0 saturated heterocycles. The van der Waals surface area contributed by atoms with Crippen LogP contribution in [-0.2, 0) is 13.0 Å². The van der Waals surface area contributed by atoms with E-state index in [1.807, 2.05) is 0 Å². The molecule has 68 valence electrons. The fourth-order valence-corrected chi connectivity index (χ4v) is 1.75. The fourth-order valence-electron chi connectivity index (χ4n) is 1.75. The molecule has 13 heavy (non-hydrogen) atoms. The summed E-state index contributed by atoms with van der Waals surface area (Å²) in [7, 11) is 0. The van der Waals surface area contributed by atoms with Crippen molar-refractivity contribution in [3.63, 3.8) is 0 Å². The van der Waals surface area contributed by atoms with Crippen LogP contribution in [0.4, 0.5) is 0 Å². The third-order valence-corrected chi connectivity index (χ3v) is 2.58. The van der Waals surface area contributed by atoms with Crippen LogP contribution in [0.5, 0.6) is 0 Å². The van der Waals surface area contributed by atoms with Gasteiger partial charge in [-0.05, 0) is 42.5 Å². The van der Waals surface area contributed by atoms with Crippen LogP contribution in [0.15, 0.2) is 30.5 Å². The second-order valence-corrected chi connectivity index (χ2v) is 3.35. The number of aryl methyl sites for hydroxylation is 2. The summed E-state index contributed by atoms with van der Waals surface area (Å²) in [4.78, 5) is 0. The number of nitrogens with zero attached hydrogens (tertiary/aromatic N) is 1. The Kier molecular flexibility index (Phi) is 2.09. The molecule has 0 bridgehead atoms. The quantitative estimate of drug-likeness (QED) is 0.657. The molecule has 0 spiro atoms. The standard InChI is InChI=1S/C12H15N/c1-3-10-5-6-12-11(9-10)7-8-13(12)4-2/h5-9H,3-4H2,1-2H3. The van der Waals surface area contributed by atoms with Gasteiger partial charge in [0.25, 0.3) is 0 Å². The van der Waals surface area contributed by atoms with Crippen LogP contribution >= 0.6 is 0 Å². The predicted molar refractivity (Wildman–Crippen MR) is 57.0 cm³/mol. The number of hydrogen-bond donors (Lipinski definition) is 0. The number of rotatable bonds is 2. The van der Waals surface area contributed by atoms with Gasteiger partial charge in [0, 0.05) is 18.3 Å². The first kappa shape index (κ1) is 8.36. The van der Waals surface area contributed by atoms with E-state index in [0.717, 1.165) is 13.0 Å². The minimum Gasteiger partial charge on any atom is -0.348 e. The van der Waals surface area contributed by atoms with E-state index in [2.05, 4.69) is 48.9 Å². The molecule has 1 aromatic heterocycles. The molecule has 1 heteroatoms. The van der Waals surface area contributed by atoms with Crippen molar-refractivity contribution in [3.8, 4) is 0 Å². The van der Waals surface area contributed by atoms with E-state index in [1.165, 1.54) is 16.5 Å². The van der Waals surface area contributed by atoms with Gasteiger partial charge >= 0.3 is 0 Å². The van der Waals surface area contributed by atoms with Crippen molar-refractivity contribution in [2.45, 2.75) is 26.8 Å². The van der Waals surface area contributed by atoms with E-state index in [1.54, 1.807) is 0 Å². The minimum atomic E-state index is 1.05. The lowest BCUT2D eigenvalue weighted by atomic mass is 10.1. The summed E-state index contributed by atoms with van der Waals surface area (Å²) >= 11 is 0. The molecule has 1 nitrogen and oxygen atoms in total. The van der Waals surface area contributed by atoms with Crippen LogP contribution in [0.1, 0.15) is 19.4 Å². The average Bonchev–Trinajstić information content (AvgIpc) is 2.59. The maximum Gasteiger partial charge on any atom is 0.0480 e. The monoisotopic (exact) mass is 173 g/mol. The van der Waals surface area contributed by atoms with Crippen LogP contribution in [0.2, 0.25) is 0 Å². The fraction of sp³-hybridized carbons (Fsp3) is 0.333. The molecule has 0 aliphatic rings. The second-order valence-electron chi connectivity index (χ2n) is 3.35. The SMILES string of the molecule is CCc1ccc2c(ccn2CC)c1. The van der Waals surface area contributed by atoms with Crippen LogP contribution in [0.3, 0.4) is 0 Å². The van der Waals surface area contributed by atoms with Crippen molar-refractivity contribution in [3.05, 3.63) is 36.0 Å². The number of hydrogen-bond acceptors (Lipinski definition) is 0. The van der Waals surface area contributed by atoms with Gasteiger partial charge in [-0.3, -0.25) is 0 Å². The highest BCUT2D eigenvalue weighted by Crippen LogP contribution is 2.17. The Balaban J connectivity index is 2.61. The molecular weight excluding hydrogens is 158 g/mol. The lowest BCUT2D eigenvalue weighted by molar-refractivity contribution is 0.797. The highest BCUT2D eigenvalue weighted by molar-refractivity contribution is 5.80. The molecule has 0 unspecified atom stereocenters. The lowest BCUT2D eigenvalue weighted by Gasteiger charge is -2.01. The van der Waals surface area contributed by atoms with Gasteiger partial charge in [-0.25, -0.2) is 0 Å². The highest BCUT2D eigenvalue weighted by Gasteiger charge is 1.99. The molecule has 0 saturated carbocycles. The summed E-state index contributed by atoms with van der Waals surface area (Å²) in [6, 6.07) is 8.91. The molecule has 1 heterocycles. The first-order valence-electron chi connectivity index (χ1n) is 4.93. The third kappa shape index (κ3) is 1.35. The van der Waals surface area contributed by atoms with Crippen molar-refractivity contribution in [1.29, 1.82) is 0 Å². The van der Waals surface area contributed by atoms with E-state index < -0.39 is 0 Å². The van der Waals surface area contributed by atoms with E-state index in [-0.39, 0.29) is 0 Å². The van der Waals surface area contributed by atoms with E-state index >= 15 is 0 Å². The Bertz CT molecular complexity index is 412. The minimum absolute atomic E-state index is 1.05. The molecule has 0 atom stereocenters. The highest BCUT2D eigenvalue weighted by atomic mass is 14.9. The van der Waals surface area contributed by atoms with Crippen molar-refractivity contribution in [1.82, 2.24) is 4.57 Å². The van der Waals surface area contributed by atoms with Crippen molar-refractivity contribution in [2.24, 2.45) is 0 Å². The number of benzene rings is 1. The van der Waals surface area contributed by atoms with Crippen LogP contribution in [0.25, 0.3) is 10.9 Å². The molecule has 2 rings (SSSR count). The van der Waals surface area contributed by atoms with E-state index in [0.29, 0.717) is 0 Å². The predicted octanol–water partition coefficient (Wildman–Crippen LogP) is 3.22. The van der Waals surface area contributed by atoms with Crippen molar-refractivity contribution in [2.75, 3.05) is 0 Å². The Morgan fingerprint density at radius 3 is 2.69 bits per heavy atom. The summed E-state index contributed by atoms with van der Waals surface area (Å²) in [5.74, 6) is 0. The zero-order valence-corrected chi connectivity index (χ0v) is 8.25. The molecular formula is C12H15N. The van der Waals surface area contributed by atoms with Gasteiger partial charge in [0.15, 0.2) is 0 Å². The van der Waals surface area contributed by atoms with Gasteiger partial charge in [-0.2, -0.15) is 0 Å². The Morgan fingerprint density at radius 1 is 1.15 bits per heavy atom. The van der Waals surface area contributed by atoms with E-state index in [4.69, 9.17) is 0 Å². The summed E-state index contributed by atoms with van der Waals surface area (Å²) < 4.78 is 2.27. The molecule has 0 aliphatic carbocycles. The summed E-state index contributed by atoms with van der Waals surface area (Å²) in [6.45, 7) is 5.42. The molecule has 0 aliphatic heterocycles. The smallest absolute Gasteiger partial charge is 0.0480 e. The van der Waals surface area contributed by atoms with Crippen molar-refractivity contribution < 1.29 is 0 Å². The van der Waals surface area contributed by atoms with Gasteiger partial charge in [0.05, 0.1) is 0 Å². The molecule has 0 fully saturated rings. The summed E-state index contributed by atoms with van der Waals surface area (Å²) in [5, 5.41) is 1.36. The largest absolute Gasteiger partial charge is 0.348 e. The Morgan fingerprint density at radius 2 is 2.00 bits per heavy atom. The first-order chi connectivity index (χ1) is 6.35. The summed E-state index contributed by atoms with van der Waals surface area (Å²) in [6.07, 6.45) is 3.28. The lowest BCUT2D eigenvalue weighted by Crippen LogP contribution is -1.90. The topological polar surface area (TPSA) is 4.93 Å². The summed E-state index contributed by atoms with van der Waals surface area (Å²) in [5.41, 5.74) is 2.76. The number of fused-ring (bicyclic) bond motifs is 1. The maximum atomic E-state index is 2.28. The molecule has 0 N–H and O–H groups in total. The molecule has 0 radical (unpaired) electrons. The average molecular weight is 173 g/mol. The van der Waals surface area contributed by atoms with Gasteiger partial charge in [0.2, 0.25) is 0 Å². The van der Waals surface area contributed by atoms with Crippen LogP contribution in [0, 0.1) is 0 Å². The first-order valence-corrected chi connectivity index (χ1v) is 4.93. The van der Waals surface area contributed by atoms with Crippen molar-refractivity contribution >= 4 is 10.9 Å². The zero-order valence-electron chi connectivity index (χ0n) is 8.25. The molecule has 2 aromatic rings. The Hall–Kier alpha value is -1.24. The van der Waals surface area contributed by atoms with E-state index in [9.17, 15) is 0 Å². The second kappa shape index (κ2) is 3.25.